The molecule has 0 bridgehead atoms. The van der Waals surface area contributed by atoms with Crippen LogP contribution < -0.4 is 10.1 Å². The topological polar surface area (TPSA) is 129 Å². The smallest absolute Gasteiger partial charge is 0.252 e. The van der Waals surface area contributed by atoms with E-state index in [4.69, 9.17) is 25.1 Å². The van der Waals surface area contributed by atoms with E-state index in [9.17, 15) is 4.79 Å². The van der Waals surface area contributed by atoms with Crippen LogP contribution in [0, 0.1) is 0 Å². The van der Waals surface area contributed by atoms with Crippen LogP contribution >= 0.6 is 31.9 Å². The minimum atomic E-state index is -1.40. The van der Waals surface area contributed by atoms with E-state index in [2.05, 4.69) is 47.2 Å². The van der Waals surface area contributed by atoms with Crippen LogP contribution in [0.3, 0.4) is 0 Å². The molecule has 1 aliphatic heterocycles. The van der Waals surface area contributed by atoms with Crippen LogP contribution in [0.4, 0.5) is 0 Å². The number of hydrogen-bond acceptors (Lipinski definition) is 6. The third-order valence-corrected chi connectivity index (χ3v) is 8.96. The zero-order valence-corrected chi connectivity index (χ0v) is 28.2. The van der Waals surface area contributed by atoms with E-state index in [1.165, 1.54) is 0 Å². The van der Waals surface area contributed by atoms with Crippen molar-refractivity contribution in [3.05, 3.63) is 144 Å². The molecule has 9 nitrogen and oxygen atoms in total. The molecular formula is C35H33Br2N5O4. The maximum atomic E-state index is 14.6. The first-order valence-corrected chi connectivity index (χ1v) is 16.5. The lowest BCUT2D eigenvalue weighted by molar-refractivity contribution is -0.128. The van der Waals surface area contributed by atoms with E-state index in [0.717, 1.165) is 31.2 Å². The quantitative estimate of drug-likeness (QED) is 0.0595. The van der Waals surface area contributed by atoms with E-state index in [1.807, 2.05) is 97.1 Å². The zero-order valence-electron chi connectivity index (χ0n) is 25.0. The molecule has 1 amide bonds. The summed E-state index contributed by atoms with van der Waals surface area (Å²) in [6, 6.07) is 30.6. The molecule has 0 aromatic heterocycles. The van der Waals surface area contributed by atoms with Crippen molar-refractivity contribution in [1.82, 2.24) is 5.32 Å². The summed E-state index contributed by atoms with van der Waals surface area (Å²) in [4.78, 5) is 22.6. The Balaban J connectivity index is 1.56. The summed E-state index contributed by atoms with van der Waals surface area (Å²) in [6.45, 7) is 0.993. The summed E-state index contributed by atoms with van der Waals surface area (Å²) in [5.41, 5.74) is 11.8. The van der Waals surface area contributed by atoms with Crippen LogP contribution in [0.25, 0.3) is 10.4 Å². The van der Waals surface area contributed by atoms with E-state index < -0.39 is 11.6 Å². The number of carbonyl (C=O) groups excluding carboxylic acids is 1. The molecule has 236 valence electrons. The van der Waals surface area contributed by atoms with Gasteiger partial charge in [0.15, 0.2) is 11.6 Å². The Morgan fingerprint density at radius 1 is 1.00 bits per heavy atom. The van der Waals surface area contributed by atoms with Gasteiger partial charge in [0.2, 0.25) is 5.90 Å². The van der Waals surface area contributed by atoms with Crippen molar-refractivity contribution in [2.45, 2.75) is 37.5 Å². The number of nitrogens with one attached hydrogen (secondary N) is 1. The van der Waals surface area contributed by atoms with Gasteiger partial charge in [0.1, 0.15) is 5.75 Å². The van der Waals surface area contributed by atoms with Crippen molar-refractivity contribution in [2.75, 3.05) is 19.8 Å². The number of aliphatic imine (C=N–C) groups is 1. The van der Waals surface area contributed by atoms with E-state index in [0.29, 0.717) is 43.2 Å². The van der Waals surface area contributed by atoms with E-state index in [1.54, 1.807) is 0 Å². The minimum absolute atomic E-state index is 0.0540. The fourth-order valence-electron chi connectivity index (χ4n) is 5.35. The molecule has 0 fully saturated rings. The lowest BCUT2D eigenvalue weighted by atomic mass is 9.81. The van der Waals surface area contributed by atoms with Crippen LogP contribution in [-0.2, 0) is 28.9 Å². The number of carbonyl (C=O) groups is 1. The maximum Gasteiger partial charge on any atom is 0.252 e. The molecule has 0 unspecified atom stereocenters. The molecule has 5 rings (SSSR count). The van der Waals surface area contributed by atoms with Crippen molar-refractivity contribution in [3.63, 3.8) is 0 Å². The standard InChI is InChI=1S/C35H33Br2N5O4/c36-28-14-10-24(11-15-28)18-19-39-34(44)35(22-26-6-1-2-7-27(26)23-40-42-38)32(30-8-3-4-9-31(30)37)46-33(41-35)25-12-16-29(17-13-25)45-21-5-20-43/h1-4,6-17,32,43H,5,18-23H2,(H,39,44)/t32-,35-/m1/s1. The third-order valence-electron chi connectivity index (χ3n) is 7.71. The monoisotopic (exact) mass is 745 g/mol. The lowest BCUT2D eigenvalue weighted by Gasteiger charge is -2.32. The van der Waals surface area contributed by atoms with E-state index in [-0.39, 0.29) is 25.5 Å². The second-order valence-corrected chi connectivity index (χ2v) is 12.5. The highest BCUT2D eigenvalue weighted by Crippen LogP contribution is 2.45. The van der Waals surface area contributed by atoms with Crippen LogP contribution in [0.5, 0.6) is 5.75 Å². The normalized spacial score (nSPS) is 17.0. The average molecular weight is 747 g/mol. The molecular weight excluding hydrogens is 714 g/mol. The van der Waals surface area contributed by atoms with Crippen LogP contribution in [0.1, 0.15) is 40.3 Å². The number of amides is 1. The first-order valence-electron chi connectivity index (χ1n) is 14.9. The molecule has 0 saturated carbocycles. The van der Waals surface area contributed by atoms with Gasteiger partial charge in [-0.25, -0.2) is 4.99 Å². The van der Waals surface area contributed by atoms with Crippen LogP contribution in [0.15, 0.2) is 116 Å². The Labute approximate surface area is 284 Å². The Morgan fingerprint density at radius 2 is 1.72 bits per heavy atom. The van der Waals surface area contributed by atoms with Gasteiger partial charge in [-0.1, -0.05) is 91.6 Å². The van der Waals surface area contributed by atoms with Gasteiger partial charge in [-0.05, 0) is 71.1 Å². The summed E-state index contributed by atoms with van der Waals surface area (Å²) >= 11 is 7.16. The van der Waals surface area contributed by atoms with Crippen molar-refractivity contribution < 1.29 is 19.4 Å². The average Bonchev–Trinajstić information content (AvgIpc) is 3.46. The first kappa shape index (κ1) is 33.2. The SMILES string of the molecule is [N-]=[N+]=NCc1ccccc1C[C@@]1(C(=O)NCCc2ccc(Br)cc2)N=C(c2ccc(OCCCO)cc2)O[C@@H]1c1ccccc1Br. The van der Waals surface area contributed by atoms with Gasteiger partial charge < -0.3 is 19.9 Å². The van der Waals surface area contributed by atoms with Crippen LogP contribution in [0.2, 0.25) is 0 Å². The van der Waals surface area contributed by atoms with Crippen molar-refractivity contribution in [2.24, 2.45) is 10.1 Å². The highest BCUT2D eigenvalue weighted by molar-refractivity contribution is 9.10. The molecule has 1 heterocycles. The molecule has 46 heavy (non-hydrogen) atoms. The lowest BCUT2D eigenvalue weighted by Crippen LogP contribution is -2.50. The highest BCUT2D eigenvalue weighted by Gasteiger charge is 2.54. The fraction of sp³-hybridized carbons (Fsp3) is 0.257. The molecule has 0 saturated heterocycles. The van der Waals surface area contributed by atoms with E-state index >= 15 is 0 Å². The second kappa shape index (κ2) is 15.9. The van der Waals surface area contributed by atoms with Gasteiger partial charge in [-0.2, -0.15) is 0 Å². The number of aliphatic hydroxyl groups is 1. The maximum absolute atomic E-state index is 14.6. The summed E-state index contributed by atoms with van der Waals surface area (Å²) < 4.78 is 14.2. The number of aliphatic hydroxyl groups excluding tert-OH is 1. The number of hydrogen-bond donors (Lipinski definition) is 2. The summed E-state index contributed by atoms with van der Waals surface area (Å²) in [5, 5.41) is 16.0. The predicted molar refractivity (Wildman–Crippen MR) is 185 cm³/mol. The Bertz CT molecular complexity index is 1730. The molecule has 0 aliphatic carbocycles. The van der Waals surface area contributed by atoms with Crippen molar-refractivity contribution in [1.29, 1.82) is 0 Å². The summed E-state index contributed by atoms with van der Waals surface area (Å²) in [7, 11) is 0. The summed E-state index contributed by atoms with van der Waals surface area (Å²) in [6.07, 6.45) is 0.591. The van der Waals surface area contributed by atoms with Gasteiger partial charge in [-0.3, -0.25) is 4.79 Å². The molecule has 2 N–H and O–H groups in total. The Kier molecular flexibility index (Phi) is 11.5. The van der Waals surface area contributed by atoms with Gasteiger partial charge in [0, 0.05) is 51.0 Å². The van der Waals surface area contributed by atoms with Crippen LogP contribution in [-0.4, -0.2) is 42.2 Å². The number of benzene rings is 4. The van der Waals surface area contributed by atoms with Crippen molar-refractivity contribution >= 4 is 43.7 Å². The number of halogens is 2. The number of nitrogens with zero attached hydrogens (tertiary/aromatic N) is 4. The second-order valence-electron chi connectivity index (χ2n) is 10.8. The number of azide groups is 1. The Hall–Kier alpha value is -4.15. The minimum Gasteiger partial charge on any atom is -0.494 e. The molecule has 0 radical (unpaired) electrons. The molecule has 0 spiro atoms. The third kappa shape index (κ3) is 7.97. The molecule has 2 atom stereocenters. The Morgan fingerprint density at radius 3 is 2.43 bits per heavy atom. The van der Waals surface area contributed by atoms with Gasteiger partial charge in [0.25, 0.3) is 5.91 Å². The van der Waals surface area contributed by atoms with Crippen molar-refractivity contribution in [3.8, 4) is 5.75 Å². The summed E-state index contributed by atoms with van der Waals surface area (Å²) in [5.74, 6) is 0.711. The zero-order chi connectivity index (χ0) is 32.4. The van der Waals surface area contributed by atoms with Gasteiger partial charge >= 0.3 is 0 Å². The number of ether oxygens (including phenoxy) is 2. The molecule has 4 aromatic carbocycles. The largest absolute Gasteiger partial charge is 0.494 e. The first-order chi connectivity index (χ1) is 22.4. The molecule has 1 aliphatic rings. The predicted octanol–water partition coefficient (Wildman–Crippen LogP) is 7.64. The molecule has 4 aromatic rings. The van der Waals surface area contributed by atoms with Gasteiger partial charge in [-0.15, -0.1) is 0 Å². The fourth-order valence-corrected chi connectivity index (χ4v) is 6.11. The highest BCUT2D eigenvalue weighted by atomic mass is 79.9. The number of rotatable bonds is 14. The van der Waals surface area contributed by atoms with Gasteiger partial charge in [0.05, 0.1) is 13.2 Å². The molecule has 11 heteroatoms.